The molecule has 58 heavy (non-hydrogen) atoms. The minimum Gasteiger partial charge on any atom is -0.488 e. The number of hydrogen-bond donors (Lipinski definition) is 3. The number of H-pyrrole nitrogens is 1. The Bertz CT molecular complexity index is 2270. The summed E-state index contributed by atoms with van der Waals surface area (Å²) in [6.45, 7) is 8.95. The van der Waals surface area contributed by atoms with Crippen LogP contribution in [0.3, 0.4) is 0 Å². The molecule has 0 spiro atoms. The highest BCUT2D eigenvalue weighted by molar-refractivity contribution is 6.24. The van der Waals surface area contributed by atoms with Crippen molar-refractivity contribution in [2.45, 2.75) is 90.6 Å². The maximum Gasteiger partial charge on any atom is 0.407 e. The topological polar surface area (TPSA) is 185 Å². The van der Waals surface area contributed by atoms with Crippen molar-refractivity contribution < 1.29 is 38.2 Å². The Morgan fingerprint density at radius 1 is 0.828 bits per heavy atom. The highest BCUT2D eigenvalue weighted by Gasteiger charge is 2.41. The lowest BCUT2D eigenvalue weighted by Gasteiger charge is -2.31. The molecule has 15 heteroatoms. The number of alkyl carbamates (subject to hydrolysis) is 2. The van der Waals surface area contributed by atoms with Crippen molar-refractivity contribution in [3.8, 4) is 28.1 Å². The van der Waals surface area contributed by atoms with E-state index in [0.29, 0.717) is 42.2 Å². The van der Waals surface area contributed by atoms with Crippen molar-refractivity contribution in [2.24, 2.45) is 16.8 Å². The lowest BCUT2D eigenvalue weighted by molar-refractivity contribution is -0.135. The number of nitrogens with zero attached hydrogens (tertiary/aromatic N) is 4. The van der Waals surface area contributed by atoms with E-state index in [1.807, 2.05) is 63.1 Å². The molecule has 0 unspecified atom stereocenters. The summed E-state index contributed by atoms with van der Waals surface area (Å²) >= 11 is 0. The van der Waals surface area contributed by atoms with E-state index in [1.165, 1.54) is 14.2 Å². The molecule has 2 saturated heterocycles. The van der Waals surface area contributed by atoms with E-state index in [9.17, 15) is 24.0 Å². The largest absolute Gasteiger partial charge is 0.488 e. The average Bonchev–Trinajstić information content (AvgIpc) is 4.07. The van der Waals surface area contributed by atoms with Gasteiger partial charge in [0.15, 0.2) is 5.78 Å². The predicted molar refractivity (Wildman–Crippen MR) is 214 cm³/mol. The number of methoxy groups -OCH3 is 2. The Morgan fingerprint density at radius 3 is 2.07 bits per heavy atom. The number of allylic oxidation sites excluding steroid dienone is 1. The summed E-state index contributed by atoms with van der Waals surface area (Å²) in [5.41, 5.74) is 7.93. The molecule has 4 aliphatic heterocycles. The van der Waals surface area contributed by atoms with Gasteiger partial charge in [-0.25, -0.2) is 14.6 Å². The number of carbonyl (C=O) groups is 5. The number of likely N-dealkylation sites (tertiary alicyclic amines) is 2. The number of benzene rings is 2. The number of rotatable bonds is 10. The molecule has 2 fully saturated rings. The first kappa shape index (κ1) is 38.9. The Labute approximate surface area is 336 Å². The van der Waals surface area contributed by atoms with Crippen LogP contribution in [0.2, 0.25) is 0 Å². The minimum absolute atomic E-state index is 0.0861. The molecule has 304 valence electrons. The number of aromatic nitrogens is 2. The van der Waals surface area contributed by atoms with E-state index in [4.69, 9.17) is 24.2 Å². The van der Waals surface area contributed by atoms with E-state index in [2.05, 4.69) is 15.6 Å². The summed E-state index contributed by atoms with van der Waals surface area (Å²) in [4.78, 5) is 82.2. The summed E-state index contributed by atoms with van der Waals surface area (Å²) in [7, 11) is 2.55. The number of imidazole rings is 1. The molecule has 8 rings (SSSR count). The SMILES string of the molecule is COC(=O)N[C@H](C(=O)N1CCC[C@H]1C1=NC=C(c2cc3c4c(c2)C(=O)c2cc(-c5cnc([C@@H]6CCCN6C(=O)[C@@H](NC(=O)OC)C(C)C)[nH]5)cc(c2-4)CO3)C1)C(C)C. The quantitative estimate of drug-likeness (QED) is 0.179. The van der Waals surface area contributed by atoms with Gasteiger partial charge in [-0.2, -0.15) is 0 Å². The average molecular weight is 792 g/mol. The number of ether oxygens (including phenoxy) is 3. The molecule has 3 N–H and O–H groups in total. The summed E-state index contributed by atoms with van der Waals surface area (Å²) < 4.78 is 15.9. The number of aliphatic imine (C=N–C) groups is 1. The highest BCUT2D eigenvalue weighted by Crippen LogP contribution is 2.50. The minimum atomic E-state index is -0.737. The Balaban J connectivity index is 0.999. The van der Waals surface area contributed by atoms with Crippen molar-refractivity contribution >= 4 is 41.1 Å². The molecule has 0 radical (unpaired) electrons. The fourth-order valence-electron chi connectivity index (χ4n) is 9.03. The van der Waals surface area contributed by atoms with E-state index >= 15 is 0 Å². The molecule has 0 bridgehead atoms. The van der Waals surface area contributed by atoms with Crippen molar-refractivity contribution in [1.29, 1.82) is 0 Å². The molecule has 4 atom stereocenters. The zero-order valence-corrected chi connectivity index (χ0v) is 33.6. The van der Waals surface area contributed by atoms with Crippen molar-refractivity contribution in [3.05, 3.63) is 64.7 Å². The van der Waals surface area contributed by atoms with Crippen LogP contribution in [0.5, 0.6) is 5.75 Å². The van der Waals surface area contributed by atoms with Crippen LogP contribution in [0.1, 0.15) is 98.7 Å². The van der Waals surface area contributed by atoms with E-state index < -0.39 is 24.3 Å². The van der Waals surface area contributed by atoms with Crippen LogP contribution in [-0.4, -0.2) is 101 Å². The standard InChI is InChI=1S/C43H49N7O8/c1-21(2)36(47-42(54)56-5)40(52)49-11-7-9-31(49)29-16-25(18-44-29)23-14-28-35-33(17-23)58-20-26-13-24(15-27(34(26)35)38(28)51)30-19-45-39(46-30)32-10-8-12-50(32)41(53)37(22(3)4)48-43(55)57-6/h13-15,17-19,21-22,31-32,36-37H,7-12,16,20H2,1-6H3,(H,45,46)(H,47,54)(H,48,55)/t31-,32-,36-,37-/m0/s1. The van der Waals surface area contributed by atoms with Crippen LogP contribution >= 0.6 is 0 Å². The van der Waals surface area contributed by atoms with Gasteiger partial charge in [0.2, 0.25) is 11.8 Å². The number of nitrogens with one attached hydrogen (secondary N) is 3. The molecule has 3 aromatic rings. The molecule has 4 amide bonds. The Morgan fingerprint density at radius 2 is 1.43 bits per heavy atom. The van der Waals surface area contributed by atoms with Gasteiger partial charge in [-0.15, -0.1) is 0 Å². The number of hydrogen-bond acceptors (Lipinski definition) is 10. The second-order valence-electron chi connectivity index (χ2n) is 16.3. The number of carbonyl (C=O) groups excluding carboxylic acids is 5. The van der Waals surface area contributed by atoms with Crippen molar-refractivity contribution in [2.75, 3.05) is 27.3 Å². The first-order valence-electron chi connectivity index (χ1n) is 20.0. The normalized spacial score (nSPS) is 20.1. The third kappa shape index (κ3) is 6.79. The molecule has 5 aliphatic rings. The summed E-state index contributed by atoms with van der Waals surface area (Å²) in [6.07, 6.45) is 5.90. The fraction of sp³-hybridized carbons (Fsp3) is 0.465. The Kier molecular flexibility index (Phi) is 10.3. The summed E-state index contributed by atoms with van der Waals surface area (Å²) in [6, 6.07) is 5.90. The molecular formula is C43H49N7O8. The first-order valence-corrected chi connectivity index (χ1v) is 20.0. The van der Waals surface area contributed by atoms with Crippen LogP contribution in [0.25, 0.3) is 28.0 Å². The van der Waals surface area contributed by atoms with Crippen LogP contribution in [-0.2, 0) is 25.7 Å². The van der Waals surface area contributed by atoms with Crippen molar-refractivity contribution in [3.63, 3.8) is 0 Å². The third-order valence-corrected chi connectivity index (χ3v) is 12.0. The van der Waals surface area contributed by atoms with Crippen molar-refractivity contribution in [1.82, 2.24) is 30.4 Å². The number of aromatic amines is 1. The van der Waals surface area contributed by atoms with Gasteiger partial charge in [-0.1, -0.05) is 27.7 Å². The van der Waals surface area contributed by atoms with Gasteiger partial charge in [0, 0.05) is 59.2 Å². The summed E-state index contributed by atoms with van der Waals surface area (Å²) in [5.74, 6) is 0.588. The maximum atomic E-state index is 14.2. The second kappa shape index (κ2) is 15.4. The van der Waals surface area contributed by atoms with Crippen LogP contribution in [0, 0.1) is 11.8 Å². The van der Waals surface area contributed by atoms with Crippen LogP contribution < -0.4 is 15.4 Å². The van der Waals surface area contributed by atoms with E-state index in [1.54, 1.807) is 11.1 Å². The predicted octanol–water partition coefficient (Wildman–Crippen LogP) is 5.78. The lowest BCUT2D eigenvalue weighted by Crippen LogP contribution is -2.53. The number of ketones is 1. The number of amides is 4. The van der Waals surface area contributed by atoms with Gasteiger partial charge in [0.1, 0.15) is 30.3 Å². The first-order chi connectivity index (χ1) is 27.9. The fourth-order valence-corrected chi connectivity index (χ4v) is 9.03. The second-order valence-corrected chi connectivity index (χ2v) is 16.3. The third-order valence-electron chi connectivity index (χ3n) is 12.0. The van der Waals surface area contributed by atoms with Gasteiger partial charge in [-0.05, 0) is 78.5 Å². The Hall–Kier alpha value is -5.99. The monoisotopic (exact) mass is 791 g/mol. The molecule has 1 aromatic heterocycles. The maximum absolute atomic E-state index is 14.2. The van der Waals surface area contributed by atoms with Gasteiger partial charge >= 0.3 is 12.2 Å². The smallest absolute Gasteiger partial charge is 0.407 e. The van der Waals surface area contributed by atoms with Gasteiger partial charge < -0.3 is 39.6 Å². The highest BCUT2D eigenvalue weighted by atomic mass is 16.5. The van der Waals surface area contributed by atoms with E-state index in [0.717, 1.165) is 70.5 Å². The molecule has 5 heterocycles. The molecule has 2 aromatic carbocycles. The van der Waals surface area contributed by atoms with Gasteiger partial charge in [-0.3, -0.25) is 19.4 Å². The molecule has 0 saturated carbocycles. The zero-order valence-electron chi connectivity index (χ0n) is 33.6. The zero-order chi connectivity index (χ0) is 41.0. The lowest BCUT2D eigenvalue weighted by atomic mass is 9.91. The molecule has 15 nitrogen and oxygen atoms in total. The molecule has 1 aliphatic carbocycles. The van der Waals surface area contributed by atoms with Crippen LogP contribution in [0.15, 0.2) is 41.7 Å². The van der Waals surface area contributed by atoms with E-state index in [-0.39, 0.29) is 48.1 Å². The molecular weight excluding hydrogens is 743 g/mol. The summed E-state index contributed by atoms with van der Waals surface area (Å²) in [5, 5.41) is 5.39. The van der Waals surface area contributed by atoms with Gasteiger partial charge in [0.25, 0.3) is 0 Å². The van der Waals surface area contributed by atoms with Gasteiger partial charge in [0.05, 0.1) is 38.2 Å². The van der Waals surface area contributed by atoms with Crippen LogP contribution in [0.4, 0.5) is 9.59 Å².